The molecule has 0 aromatic heterocycles. The molecule has 0 fully saturated rings. The van der Waals surface area contributed by atoms with Crippen molar-refractivity contribution < 1.29 is 19.1 Å². The molecule has 0 aliphatic heterocycles. The fourth-order valence-corrected chi connectivity index (χ4v) is 2.22. The van der Waals surface area contributed by atoms with Gasteiger partial charge in [-0.2, -0.15) is 0 Å². The van der Waals surface area contributed by atoms with Crippen LogP contribution in [0, 0.1) is 5.92 Å². The lowest BCUT2D eigenvalue weighted by Crippen LogP contribution is -2.32. The van der Waals surface area contributed by atoms with Gasteiger partial charge in [0, 0.05) is 13.3 Å². The first kappa shape index (κ1) is 14.6. The van der Waals surface area contributed by atoms with Crippen molar-refractivity contribution in [3.63, 3.8) is 0 Å². The molecule has 0 saturated heterocycles. The Hall–Kier alpha value is -1.45. The molecular formula is C14H20O4. The lowest BCUT2D eigenvalue weighted by atomic mass is 9.86. The Morgan fingerprint density at radius 1 is 1.44 bits per heavy atom. The van der Waals surface area contributed by atoms with E-state index in [1.54, 1.807) is 6.08 Å². The van der Waals surface area contributed by atoms with Gasteiger partial charge in [-0.25, -0.2) is 0 Å². The van der Waals surface area contributed by atoms with E-state index in [-0.39, 0.29) is 29.6 Å². The molecule has 1 rings (SSSR count). The van der Waals surface area contributed by atoms with Crippen LogP contribution in [0.5, 0.6) is 0 Å². The van der Waals surface area contributed by atoms with Crippen LogP contribution >= 0.6 is 0 Å². The molecule has 0 N–H and O–H groups in total. The van der Waals surface area contributed by atoms with Crippen LogP contribution in [-0.4, -0.2) is 23.6 Å². The van der Waals surface area contributed by atoms with Crippen molar-refractivity contribution >= 4 is 17.5 Å². The van der Waals surface area contributed by atoms with Crippen LogP contribution in [0.15, 0.2) is 12.2 Å². The third-order valence-electron chi connectivity index (χ3n) is 3.08. The molecule has 0 aromatic rings. The summed E-state index contributed by atoms with van der Waals surface area (Å²) in [7, 11) is 0. The smallest absolute Gasteiger partial charge is 0.302 e. The zero-order valence-electron chi connectivity index (χ0n) is 11.0. The summed E-state index contributed by atoms with van der Waals surface area (Å²) in [5.41, 5.74) is 0. The van der Waals surface area contributed by atoms with Crippen molar-refractivity contribution in [2.75, 3.05) is 0 Å². The van der Waals surface area contributed by atoms with Crippen LogP contribution in [0.4, 0.5) is 0 Å². The molecule has 0 saturated carbocycles. The minimum absolute atomic E-state index is 0.0234. The number of Topliss-reactive ketones (excluding diaryl/α,β-unsaturated/α-hetero) is 1. The van der Waals surface area contributed by atoms with Crippen LogP contribution < -0.4 is 0 Å². The van der Waals surface area contributed by atoms with E-state index in [9.17, 15) is 14.4 Å². The minimum atomic E-state index is -0.390. The van der Waals surface area contributed by atoms with Gasteiger partial charge in [-0.3, -0.25) is 9.59 Å². The molecule has 100 valence electrons. The molecule has 2 unspecified atom stereocenters. The number of hydrogen-bond donors (Lipinski definition) is 0. The SMILES string of the molecule is CC(=O)CCCC(OC(C)=O)C1CCC=CC1=O. The van der Waals surface area contributed by atoms with Gasteiger partial charge in [0.2, 0.25) is 0 Å². The minimum Gasteiger partial charge on any atom is -0.462 e. The molecule has 0 spiro atoms. The molecule has 0 amide bonds. The van der Waals surface area contributed by atoms with Gasteiger partial charge in [-0.05, 0) is 38.7 Å². The Morgan fingerprint density at radius 3 is 2.72 bits per heavy atom. The Balaban J connectivity index is 2.59. The van der Waals surface area contributed by atoms with Gasteiger partial charge in [0.15, 0.2) is 5.78 Å². The monoisotopic (exact) mass is 252 g/mol. The summed E-state index contributed by atoms with van der Waals surface area (Å²) in [5.74, 6) is -0.474. The molecule has 0 aromatic carbocycles. The van der Waals surface area contributed by atoms with E-state index in [0.29, 0.717) is 25.7 Å². The number of carbonyl (C=O) groups excluding carboxylic acids is 3. The number of allylic oxidation sites excluding steroid dienone is 2. The van der Waals surface area contributed by atoms with Crippen molar-refractivity contribution in [2.45, 2.75) is 52.1 Å². The van der Waals surface area contributed by atoms with Gasteiger partial charge in [-0.1, -0.05) is 6.08 Å². The Kier molecular flexibility index (Phi) is 5.75. The summed E-state index contributed by atoms with van der Waals surface area (Å²) >= 11 is 0. The number of esters is 1. The van der Waals surface area contributed by atoms with Crippen molar-refractivity contribution in [1.82, 2.24) is 0 Å². The van der Waals surface area contributed by atoms with Crippen LogP contribution in [0.25, 0.3) is 0 Å². The van der Waals surface area contributed by atoms with Gasteiger partial charge in [-0.15, -0.1) is 0 Å². The maximum atomic E-state index is 11.8. The largest absolute Gasteiger partial charge is 0.462 e. The summed E-state index contributed by atoms with van der Waals surface area (Å²) in [6.07, 6.45) is 6.27. The van der Waals surface area contributed by atoms with E-state index in [1.807, 2.05) is 6.08 Å². The maximum Gasteiger partial charge on any atom is 0.302 e. The highest BCUT2D eigenvalue weighted by Crippen LogP contribution is 2.24. The van der Waals surface area contributed by atoms with Crippen molar-refractivity contribution in [1.29, 1.82) is 0 Å². The Bertz CT molecular complexity index is 357. The molecule has 4 heteroatoms. The molecule has 0 bridgehead atoms. The second kappa shape index (κ2) is 7.09. The zero-order chi connectivity index (χ0) is 13.5. The molecule has 2 atom stereocenters. The second-order valence-corrected chi connectivity index (χ2v) is 4.73. The molecule has 0 heterocycles. The fourth-order valence-electron chi connectivity index (χ4n) is 2.22. The van der Waals surface area contributed by atoms with E-state index >= 15 is 0 Å². The quantitative estimate of drug-likeness (QED) is 0.680. The van der Waals surface area contributed by atoms with Gasteiger partial charge in [0.05, 0.1) is 5.92 Å². The van der Waals surface area contributed by atoms with Gasteiger partial charge >= 0.3 is 5.97 Å². The fraction of sp³-hybridized carbons (Fsp3) is 0.643. The number of hydrogen-bond acceptors (Lipinski definition) is 4. The average molecular weight is 252 g/mol. The first-order valence-electron chi connectivity index (χ1n) is 6.37. The van der Waals surface area contributed by atoms with Crippen molar-refractivity contribution in [2.24, 2.45) is 5.92 Å². The molecule has 1 aliphatic rings. The summed E-state index contributed by atoms with van der Waals surface area (Å²) in [4.78, 5) is 33.8. The topological polar surface area (TPSA) is 60.4 Å². The van der Waals surface area contributed by atoms with Crippen molar-refractivity contribution in [3.05, 3.63) is 12.2 Å². The lowest BCUT2D eigenvalue weighted by Gasteiger charge is -2.26. The van der Waals surface area contributed by atoms with Crippen LogP contribution in [0.3, 0.4) is 0 Å². The average Bonchev–Trinajstić information content (AvgIpc) is 2.27. The van der Waals surface area contributed by atoms with Crippen LogP contribution in [0.1, 0.15) is 46.0 Å². The predicted octanol–water partition coefficient (Wildman–Crippen LogP) is 2.21. The zero-order valence-corrected chi connectivity index (χ0v) is 11.0. The Labute approximate surface area is 107 Å². The highest BCUT2D eigenvalue weighted by Gasteiger charge is 2.30. The van der Waals surface area contributed by atoms with Crippen molar-refractivity contribution in [3.8, 4) is 0 Å². The second-order valence-electron chi connectivity index (χ2n) is 4.73. The summed E-state index contributed by atoms with van der Waals surface area (Å²) in [5, 5.41) is 0. The maximum absolute atomic E-state index is 11.8. The normalized spacial score (nSPS) is 20.6. The molecule has 18 heavy (non-hydrogen) atoms. The van der Waals surface area contributed by atoms with Crippen LogP contribution in [-0.2, 0) is 19.1 Å². The van der Waals surface area contributed by atoms with E-state index < -0.39 is 0 Å². The highest BCUT2D eigenvalue weighted by molar-refractivity contribution is 5.93. The third-order valence-corrected chi connectivity index (χ3v) is 3.08. The van der Waals surface area contributed by atoms with E-state index in [2.05, 4.69) is 0 Å². The van der Waals surface area contributed by atoms with Gasteiger partial charge < -0.3 is 9.53 Å². The Morgan fingerprint density at radius 2 is 2.17 bits per heavy atom. The number of carbonyl (C=O) groups is 3. The summed E-state index contributed by atoms with van der Waals surface area (Å²) in [6, 6.07) is 0. The van der Waals surface area contributed by atoms with E-state index in [0.717, 1.165) is 6.42 Å². The van der Waals surface area contributed by atoms with E-state index in [1.165, 1.54) is 13.8 Å². The van der Waals surface area contributed by atoms with E-state index in [4.69, 9.17) is 4.74 Å². The summed E-state index contributed by atoms with van der Waals surface area (Å²) in [6.45, 7) is 2.89. The number of ether oxygens (including phenoxy) is 1. The van der Waals surface area contributed by atoms with Gasteiger partial charge in [0.25, 0.3) is 0 Å². The first-order chi connectivity index (χ1) is 8.50. The molecule has 4 nitrogen and oxygen atoms in total. The standard InChI is InChI=1S/C14H20O4/c1-10(15)6-5-9-14(18-11(2)16)12-7-3-4-8-13(12)17/h4,8,12,14H,3,5-7,9H2,1-2H3. The number of ketones is 2. The molecular weight excluding hydrogens is 232 g/mol. The highest BCUT2D eigenvalue weighted by atomic mass is 16.5. The molecule has 1 aliphatic carbocycles. The predicted molar refractivity (Wildman–Crippen MR) is 67.0 cm³/mol. The first-order valence-corrected chi connectivity index (χ1v) is 6.37. The molecule has 0 radical (unpaired) electrons. The summed E-state index contributed by atoms with van der Waals surface area (Å²) < 4.78 is 5.24. The lowest BCUT2D eigenvalue weighted by molar-refractivity contribution is -0.151. The van der Waals surface area contributed by atoms with Gasteiger partial charge in [0.1, 0.15) is 11.9 Å². The third kappa shape index (κ3) is 4.82. The number of rotatable bonds is 6. The van der Waals surface area contributed by atoms with Crippen LogP contribution in [0.2, 0.25) is 0 Å².